The quantitative estimate of drug-likeness (QED) is 0.129. The van der Waals surface area contributed by atoms with Crippen LogP contribution in [0.5, 0.6) is 5.75 Å². The molecular weight excluding hydrogens is 667 g/mol. The number of likely N-dealkylation sites (tertiary alicyclic amines) is 1. The smallest absolute Gasteiger partial charge is 0.410 e. The molecule has 8 nitrogen and oxygen atoms in total. The number of hydrogen-bond donors (Lipinski definition) is 0. The third-order valence-electron chi connectivity index (χ3n) is 10.8. The number of piperidine rings is 1. The Morgan fingerprint density at radius 1 is 0.885 bits per heavy atom. The van der Waals surface area contributed by atoms with Gasteiger partial charge in [-0.05, 0) is 112 Å². The fourth-order valence-electron chi connectivity index (χ4n) is 7.85. The van der Waals surface area contributed by atoms with Crippen LogP contribution in [0.15, 0.2) is 77.3 Å². The van der Waals surface area contributed by atoms with Gasteiger partial charge in [-0.25, -0.2) is 4.79 Å². The maximum Gasteiger partial charge on any atom is 0.410 e. The summed E-state index contributed by atoms with van der Waals surface area (Å²) in [5.41, 5.74) is 2.40. The van der Waals surface area contributed by atoms with E-state index < -0.39 is 13.9 Å². The summed E-state index contributed by atoms with van der Waals surface area (Å²) in [5, 5.41) is 8.23. The molecule has 1 aliphatic heterocycles. The van der Waals surface area contributed by atoms with Crippen molar-refractivity contribution in [1.29, 1.82) is 0 Å². The minimum atomic E-state index is -2.56. The van der Waals surface area contributed by atoms with E-state index in [4.69, 9.17) is 18.4 Å². The molecule has 3 aromatic carbocycles. The molecule has 0 bridgehead atoms. The van der Waals surface area contributed by atoms with Crippen LogP contribution in [0.2, 0.25) is 5.04 Å². The van der Waals surface area contributed by atoms with E-state index >= 15 is 0 Å². The molecular formula is C43H59N3O5Si. The van der Waals surface area contributed by atoms with Crippen LogP contribution in [0.25, 0.3) is 11.0 Å². The lowest BCUT2D eigenvalue weighted by Crippen LogP contribution is -2.66. The number of nitrogens with zero attached hydrogens (tertiary/aromatic N) is 3. The molecule has 2 atom stereocenters. The molecule has 1 amide bonds. The Bertz CT molecular complexity index is 1730. The Kier molecular flexibility index (Phi) is 11.5. The molecule has 9 heteroatoms. The second kappa shape index (κ2) is 15.7. The predicted octanol–water partition coefficient (Wildman–Crippen LogP) is 8.06. The van der Waals surface area contributed by atoms with Gasteiger partial charge in [-0.2, -0.15) is 0 Å². The molecule has 2 aliphatic rings. The van der Waals surface area contributed by atoms with Crippen molar-refractivity contribution >= 4 is 35.8 Å². The second-order valence-electron chi connectivity index (χ2n) is 17.3. The summed E-state index contributed by atoms with van der Waals surface area (Å²) in [6.07, 6.45) is 4.71. The fourth-order valence-corrected chi connectivity index (χ4v) is 12.5. The molecule has 2 heterocycles. The SMILES string of the molecule is CN(C)Cc1c(OC[C@H]2C[C@H]2CO[Si](c2ccccc2)(c2ccccc2)C(C)(C)C)ccc2c(CCC3CCN(C(=O)OC(C)(C)C)CC3)noc12. The highest BCUT2D eigenvalue weighted by atomic mass is 28.4. The van der Waals surface area contributed by atoms with Crippen LogP contribution in [0, 0.1) is 17.8 Å². The van der Waals surface area contributed by atoms with E-state index in [2.05, 4.69) is 118 Å². The van der Waals surface area contributed by atoms with Crippen LogP contribution in [0.3, 0.4) is 0 Å². The van der Waals surface area contributed by atoms with Crippen molar-refractivity contribution < 1.29 is 23.2 Å². The summed E-state index contributed by atoms with van der Waals surface area (Å²) < 4.78 is 25.5. The lowest BCUT2D eigenvalue weighted by molar-refractivity contribution is 0.0181. The first-order valence-electron chi connectivity index (χ1n) is 19.2. The average molecular weight is 726 g/mol. The highest BCUT2D eigenvalue weighted by Crippen LogP contribution is 2.43. The zero-order valence-electron chi connectivity index (χ0n) is 32.6. The molecule has 0 unspecified atom stereocenters. The number of aromatic nitrogens is 1. The van der Waals surface area contributed by atoms with Gasteiger partial charge in [-0.15, -0.1) is 0 Å². The number of aryl methyl sites for hydroxylation is 1. The number of amides is 1. The van der Waals surface area contributed by atoms with Crippen molar-refractivity contribution in [2.75, 3.05) is 40.4 Å². The first kappa shape index (κ1) is 38.1. The van der Waals surface area contributed by atoms with E-state index in [1.54, 1.807) is 0 Å². The largest absolute Gasteiger partial charge is 0.493 e. The van der Waals surface area contributed by atoms with Crippen molar-refractivity contribution in [3.8, 4) is 5.75 Å². The Morgan fingerprint density at radius 3 is 2.08 bits per heavy atom. The van der Waals surface area contributed by atoms with E-state index in [0.29, 0.717) is 30.9 Å². The molecule has 1 aromatic heterocycles. The van der Waals surface area contributed by atoms with Crippen LogP contribution < -0.4 is 15.1 Å². The minimum absolute atomic E-state index is 0.0393. The Hall–Kier alpha value is -3.66. The molecule has 1 saturated carbocycles. The molecule has 0 N–H and O–H groups in total. The number of benzene rings is 3. The van der Waals surface area contributed by atoms with Crippen molar-refractivity contribution in [3.63, 3.8) is 0 Å². The highest BCUT2D eigenvalue weighted by Gasteiger charge is 2.51. The average Bonchev–Trinajstić information content (AvgIpc) is 3.73. The first-order chi connectivity index (χ1) is 24.7. The summed E-state index contributed by atoms with van der Waals surface area (Å²) in [4.78, 5) is 16.5. The maximum atomic E-state index is 12.5. The summed E-state index contributed by atoms with van der Waals surface area (Å²) in [6.45, 7) is 16.3. The third kappa shape index (κ3) is 8.75. The van der Waals surface area contributed by atoms with Gasteiger partial charge in [0.25, 0.3) is 8.32 Å². The van der Waals surface area contributed by atoms with E-state index in [9.17, 15) is 4.79 Å². The standard InChI is InChI=1S/C43H59N3O5Si/c1-42(2,3)50-41(47)46-25-23-31(24-26-46)19-21-38-36-20-22-39(37(28-45(7)8)40(36)51-44-38)48-29-32-27-33(32)30-49-52(43(4,5)6,34-15-11-9-12-16-34)35-17-13-10-14-18-35/h9-18,20,22,31-33H,19,21,23-30H2,1-8H3/t32-,33+/m1/s1. The minimum Gasteiger partial charge on any atom is -0.493 e. The van der Waals surface area contributed by atoms with Crippen molar-refractivity contribution in [1.82, 2.24) is 15.0 Å². The van der Waals surface area contributed by atoms with E-state index in [1.165, 1.54) is 10.4 Å². The Balaban J connectivity index is 1.08. The number of fused-ring (bicyclic) bond motifs is 1. The van der Waals surface area contributed by atoms with E-state index in [1.807, 2.05) is 25.7 Å². The molecule has 52 heavy (non-hydrogen) atoms. The number of rotatable bonds is 13. The van der Waals surface area contributed by atoms with Crippen LogP contribution in [-0.2, 0) is 22.1 Å². The predicted molar refractivity (Wildman–Crippen MR) is 211 cm³/mol. The third-order valence-corrected chi connectivity index (χ3v) is 15.8. The summed E-state index contributed by atoms with van der Waals surface area (Å²) in [7, 11) is 1.58. The Morgan fingerprint density at radius 2 is 1.50 bits per heavy atom. The zero-order chi connectivity index (χ0) is 37.1. The van der Waals surface area contributed by atoms with Gasteiger partial charge < -0.3 is 28.2 Å². The van der Waals surface area contributed by atoms with Gasteiger partial charge in [0.2, 0.25) is 0 Å². The number of carbonyl (C=O) groups excluding carboxylic acids is 1. The lowest BCUT2D eigenvalue weighted by Gasteiger charge is -2.43. The lowest BCUT2D eigenvalue weighted by atomic mass is 9.91. The van der Waals surface area contributed by atoms with E-state index in [-0.39, 0.29) is 11.1 Å². The summed E-state index contributed by atoms with van der Waals surface area (Å²) >= 11 is 0. The van der Waals surface area contributed by atoms with Gasteiger partial charge in [0.1, 0.15) is 11.4 Å². The molecule has 0 spiro atoms. The first-order valence-corrected chi connectivity index (χ1v) is 21.1. The fraction of sp³-hybridized carbons (Fsp3) is 0.535. The van der Waals surface area contributed by atoms with Gasteiger partial charge >= 0.3 is 6.09 Å². The molecule has 1 saturated heterocycles. The van der Waals surface area contributed by atoms with Crippen LogP contribution in [0.1, 0.15) is 78.5 Å². The van der Waals surface area contributed by atoms with Gasteiger partial charge in [-0.3, -0.25) is 0 Å². The van der Waals surface area contributed by atoms with Gasteiger partial charge in [0.15, 0.2) is 5.58 Å². The molecule has 4 aromatic rings. The van der Waals surface area contributed by atoms with Crippen LogP contribution >= 0.6 is 0 Å². The molecule has 6 rings (SSSR count). The highest BCUT2D eigenvalue weighted by molar-refractivity contribution is 6.99. The van der Waals surface area contributed by atoms with Crippen molar-refractivity contribution in [3.05, 3.63) is 84.1 Å². The van der Waals surface area contributed by atoms with Crippen molar-refractivity contribution in [2.45, 2.75) is 90.8 Å². The van der Waals surface area contributed by atoms with Crippen molar-refractivity contribution in [2.24, 2.45) is 17.8 Å². The number of carbonyl (C=O) groups is 1. The zero-order valence-corrected chi connectivity index (χ0v) is 33.6. The molecule has 1 aliphatic carbocycles. The van der Waals surface area contributed by atoms with Gasteiger partial charge in [-0.1, -0.05) is 86.6 Å². The number of ether oxygens (including phenoxy) is 2. The summed E-state index contributed by atoms with van der Waals surface area (Å²) in [5.74, 6) is 2.34. The second-order valence-corrected chi connectivity index (χ2v) is 21.6. The normalized spacial score (nSPS) is 18.6. The summed E-state index contributed by atoms with van der Waals surface area (Å²) in [6, 6.07) is 26.0. The molecule has 280 valence electrons. The monoisotopic (exact) mass is 725 g/mol. The molecule has 0 radical (unpaired) electrons. The number of hydrogen-bond acceptors (Lipinski definition) is 7. The van der Waals surface area contributed by atoms with Crippen LogP contribution in [-0.4, -0.2) is 75.4 Å². The van der Waals surface area contributed by atoms with Gasteiger partial charge in [0.05, 0.1) is 17.9 Å². The Labute approximate surface area is 311 Å². The molecule has 2 fully saturated rings. The van der Waals surface area contributed by atoms with E-state index in [0.717, 1.165) is 79.8 Å². The van der Waals surface area contributed by atoms with Gasteiger partial charge in [0, 0.05) is 31.6 Å². The van der Waals surface area contributed by atoms with Crippen LogP contribution in [0.4, 0.5) is 4.79 Å². The maximum absolute atomic E-state index is 12.5. The topological polar surface area (TPSA) is 77.3 Å².